The summed E-state index contributed by atoms with van der Waals surface area (Å²) in [7, 11) is 6.62. The largest absolute Gasteiger partial charge is 0.306 e. The number of piperidine rings is 2. The lowest BCUT2D eigenvalue weighted by atomic mass is 10.1. The van der Waals surface area contributed by atoms with Gasteiger partial charge in [-0.15, -0.1) is 0 Å². The Morgan fingerprint density at radius 1 is 0.682 bits per heavy atom. The molecule has 22 heavy (non-hydrogen) atoms. The van der Waals surface area contributed by atoms with Crippen LogP contribution in [-0.2, 0) is 0 Å². The van der Waals surface area contributed by atoms with Crippen molar-refractivity contribution in [3.8, 4) is 0 Å². The zero-order chi connectivity index (χ0) is 15.1. The monoisotopic (exact) mass is 311 g/mol. The molecule has 3 nitrogen and oxygen atoms in total. The van der Waals surface area contributed by atoms with Gasteiger partial charge in [-0.2, -0.15) is 0 Å². The van der Waals surface area contributed by atoms with Crippen LogP contribution in [0.1, 0.15) is 58.8 Å². The van der Waals surface area contributed by atoms with Crippen LogP contribution in [0.25, 0.3) is 0 Å². The molecule has 0 spiro atoms. The predicted molar refractivity (Wildman–Crippen MR) is 98.6 cm³/mol. The number of hydrogen-bond acceptors (Lipinski definition) is 3. The van der Waals surface area contributed by atoms with Crippen molar-refractivity contribution in [1.29, 1.82) is 0 Å². The molecule has 4 fully saturated rings. The summed E-state index contributed by atoms with van der Waals surface area (Å²) >= 11 is 0. The van der Waals surface area contributed by atoms with E-state index in [2.05, 4.69) is 35.8 Å². The summed E-state index contributed by atoms with van der Waals surface area (Å²) in [5.74, 6) is 1.07. The van der Waals surface area contributed by atoms with Crippen molar-refractivity contribution in [3.63, 3.8) is 0 Å². The van der Waals surface area contributed by atoms with E-state index in [1.807, 2.05) is 0 Å². The molecule has 2 bridgehead atoms. The molecule has 0 N–H and O–H groups in total. The SMILES string of the molecule is C.CN1CC2CCC1C2.CN1CCCC1.CN1CCCCC1. The Morgan fingerprint density at radius 2 is 1.18 bits per heavy atom. The van der Waals surface area contributed by atoms with E-state index in [0.29, 0.717) is 0 Å². The van der Waals surface area contributed by atoms with Crippen molar-refractivity contribution < 1.29 is 0 Å². The number of fused-ring (bicyclic) bond motifs is 2. The van der Waals surface area contributed by atoms with E-state index < -0.39 is 0 Å². The van der Waals surface area contributed by atoms with Gasteiger partial charge in [0.05, 0.1) is 0 Å². The van der Waals surface area contributed by atoms with Crippen LogP contribution in [0.4, 0.5) is 0 Å². The third kappa shape index (κ3) is 6.97. The highest BCUT2D eigenvalue weighted by Gasteiger charge is 2.34. The molecule has 4 aliphatic rings. The first-order chi connectivity index (χ1) is 10.1. The quantitative estimate of drug-likeness (QED) is 0.677. The lowest BCUT2D eigenvalue weighted by Gasteiger charge is -2.20. The van der Waals surface area contributed by atoms with Crippen LogP contribution in [0.2, 0.25) is 0 Å². The molecule has 0 aromatic heterocycles. The molecule has 0 amide bonds. The van der Waals surface area contributed by atoms with Gasteiger partial charge in [-0.3, -0.25) is 0 Å². The minimum Gasteiger partial charge on any atom is -0.306 e. The number of nitrogens with zero attached hydrogens (tertiary/aromatic N) is 3. The van der Waals surface area contributed by atoms with Gasteiger partial charge in [-0.25, -0.2) is 0 Å². The number of hydrogen-bond donors (Lipinski definition) is 0. The molecule has 2 atom stereocenters. The molecular formula is C19H41N3. The van der Waals surface area contributed by atoms with Crippen LogP contribution in [0.15, 0.2) is 0 Å². The molecule has 3 aliphatic heterocycles. The summed E-state index contributed by atoms with van der Waals surface area (Å²) in [5.41, 5.74) is 0. The summed E-state index contributed by atoms with van der Waals surface area (Å²) in [6.07, 6.45) is 11.6. The van der Waals surface area contributed by atoms with Gasteiger partial charge in [-0.1, -0.05) is 13.8 Å². The molecule has 1 saturated carbocycles. The van der Waals surface area contributed by atoms with Crippen molar-refractivity contribution in [3.05, 3.63) is 0 Å². The van der Waals surface area contributed by atoms with Gasteiger partial charge in [0.1, 0.15) is 0 Å². The van der Waals surface area contributed by atoms with Crippen molar-refractivity contribution in [2.75, 3.05) is 53.9 Å². The fourth-order valence-electron chi connectivity index (χ4n) is 4.10. The normalized spacial score (nSPS) is 31.8. The smallest absolute Gasteiger partial charge is 0.00955 e. The molecule has 3 saturated heterocycles. The van der Waals surface area contributed by atoms with Crippen LogP contribution in [0.3, 0.4) is 0 Å². The van der Waals surface area contributed by atoms with Gasteiger partial charge in [0.15, 0.2) is 0 Å². The summed E-state index contributed by atoms with van der Waals surface area (Å²) in [5, 5.41) is 0. The van der Waals surface area contributed by atoms with E-state index >= 15 is 0 Å². The predicted octanol–water partition coefficient (Wildman–Crippen LogP) is 3.55. The van der Waals surface area contributed by atoms with Gasteiger partial charge in [0, 0.05) is 12.6 Å². The number of rotatable bonds is 0. The summed E-state index contributed by atoms with van der Waals surface area (Å²) in [6, 6.07) is 0.972. The van der Waals surface area contributed by atoms with Crippen molar-refractivity contribution in [2.24, 2.45) is 5.92 Å². The van der Waals surface area contributed by atoms with Crippen molar-refractivity contribution in [1.82, 2.24) is 14.7 Å². The average Bonchev–Trinajstić information content (AvgIpc) is 3.19. The van der Waals surface area contributed by atoms with Crippen LogP contribution in [0, 0.1) is 5.92 Å². The molecule has 0 radical (unpaired) electrons. The molecule has 132 valence electrons. The molecule has 3 heterocycles. The summed E-state index contributed by atoms with van der Waals surface area (Å²) in [4.78, 5) is 7.26. The minimum absolute atomic E-state index is 0. The molecule has 0 aromatic carbocycles. The first-order valence-electron chi connectivity index (χ1n) is 9.22. The van der Waals surface area contributed by atoms with E-state index in [1.165, 1.54) is 84.1 Å². The van der Waals surface area contributed by atoms with E-state index in [-0.39, 0.29) is 7.43 Å². The Morgan fingerprint density at radius 3 is 1.36 bits per heavy atom. The summed E-state index contributed by atoms with van der Waals surface area (Å²) in [6.45, 7) is 6.66. The maximum absolute atomic E-state index is 2.51. The fraction of sp³-hybridized carbons (Fsp3) is 1.00. The lowest BCUT2D eigenvalue weighted by molar-refractivity contribution is 0.261. The zero-order valence-corrected chi connectivity index (χ0v) is 14.7. The highest BCUT2D eigenvalue weighted by molar-refractivity contribution is 4.89. The van der Waals surface area contributed by atoms with Gasteiger partial charge >= 0.3 is 0 Å². The molecule has 1 aliphatic carbocycles. The standard InChI is InChI=1S/C7H13N.C6H13N.C5H11N.CH4/c1-8-5-6-2-3-7(8)4-6;1-7-5-3-2-4-6-7;1-6-4-2-3-5-6;/h6-7H,2-5H2,1H3;2-6H2,1H3;2-5H2,1H3;1H4. The Hall–Kier alpha value is -0.120. The van der Waals surface area contributed by atoms with Crippen LogP contribution >= 0.6 is 0 Å². The second kappa shape index (κ2) is 10.6. The maximum atomic E-state index is 2.51. The Kier molecular flexibility index (Phi) is 9.62. The van der Waals surface area contributed by atoms with E-state index in [9.17, 15) is 0 Å². The second-order valence-corrected chi connectivity index (χ2v) is 7.65. The van der Waals surface area contributed by atoms with Crippen LogP contribution in [-0.4, -0.2) is 74.6 Å². The fourth-order valence-corrected chi connectivity index (χ4v) is 4.10. The van der Waals surface area contributed by atoms with E-state index in [4.69, 9.17) is 0 Å². The topological polar surface area (TPSA) is 9.72 Å². The van der Waals surface area contributed by atoms with Gasteiger partial charge < -0.3 is 14.7 Å². The highest BCUT2D eigenvalue weighted by atomic mass is 15.2. The van der Waals surface area contributed by atoms with Crippen molar-refractivity contribution in [2.45, 2.75) is 64.8 Å². The molecule has 2 unspecified atom stereocenters. The molecular weight excluding hydrogens is 270 g/mol. The molecule has 3 heteroatoms. The Bertz CT molecular complexity index is 268. The summed E-state index contributed by atoms with van der Waals surface area (Å²) < 4.78 is 0. The van der Waals surface area contributed by atoms with Crippen LogP contribution < -0.4 is 0 Å². The highest BCUT2D eigenvalue weighted by Crippen LogP contribution is 2.35. The van der Waals surface area contributed by atoms with Gasteiger partial charge in [0.2, 0.25) is 0 Å². The molecule has 4 rings (SSSR count). The Labute approximate surface area is 140 Å². The minimum atomic E-state index is 0. The third-order valence-corrected chi connectivity index (χ3v) is 5.59. The van der Waals surface area contributed by atoms with E-state index in [1.54, 1.807) is 0 Å². The first kappa shape index (κ1) is 19.9. The first-order valence-corrected chi connectivity index (χ1v) is 9.22. The van der Waals surface area contributed by atoms with E-state index in [0.717, 1.165) is 12.0 Å². The van der Waals surface area contributed by atoms with Gasteiger partial charge in [-0.05, 0) is 98.2 Å². The number of likely N-dealkylation sites (tertiary alicyclic amines) is 3. The average molecular weight is 312 g/mol. The maximum Gasteiger partial charge on any atom is 0.00955 e. The zero-order valence-electron chi connectivity index (χ0n) is 14.7. The third-order valence-electron chi connectivity index (χ3n) is 5.59. The van der Waals surface area contributed by atoms with Crippen molar-refractivity contribution >= 4 is 0 Å². The second-order valence-electron chi connectivity index (χ2n) is 7.65. The molecule has 0 aromatic rings. The van der Waals surface area contributed by atoms with Crippen LogP contribution in [0.5, 0.6) is 0 Å². The Balaban J connectivity index is 0.000000163. The lowest BCUT2D eigenvalue weighted by Crippen LogP contribution is -2.27. The van der Waals surface area contributed by atoms with Gasteiger partial charge in [0.25, 0.3) is 0 Å².